The van der Waals surface area contributed by atoms with E-state index in [1.54, 1.807) is 17.2 Å². The number of amides is 1. The first-order chi connectivity index (χ1) is 9.02. The highest BCUT2D eigenvalue weighted by Gasteiger charge is 2.33. The Balaban J connectivity index is 1.92. The van der Waals surface area contributed by atoms with Crippen molar-refractivity contribution >= 4 is 15.7 Å². The molecule has 106 valence electrons. The van der Waals surface area contributed by atoms with Gasteiger partial charge in [0.1, 0.15) is 5.76 Å². The van der Waals surface area contributed by atoms with E-state index in [1.165, 1.54) is 0 Å². The molecule has 6 heteroatoms. The monoisotopic (exact) mass is 285 g/mol. The molecule has 0 aromatic carbocycles. The van der Waals surface area contributed by atoms with Crippen molar-refractivity contribution in [1.29, 1.82) is 0 Å². The molecule has 1 aromatic heterocycles. The molecule has 1 fully saturated rings. The van der Waals surface area contributed by atoms with Crippen molar-refractivity contribution in [2.45, 2.75) is 32.2 Å². The number of carbonyl (C=O) groups excluding carboxylic acids is 1. The lowest BCUT2D eigenvalue weighted by Crippen LogP contribution is -2.41. The van der Waals surface area contributed by atoms with E-state index in [9.17, 15) is 13.2 Å². The van der Waals surface area contributed by atoms with Gasteiger partial charge in [0.2, 0.25) is 5.91 Å². The molecule has 1 saturated heterocycles. The van der Waals surface area contributed by atoms with E-state index in [1.807, 2.05) is 13.0 Å². The quantitative estimate of drug-likeness (QED) is 0.816. The summed E-state index contributed by atoms with van der Waals surface area (Å²) in [5.41, 5.74) is 0. The molecule has 0 unspecified atom stereocenters. The molecule has 2 rings (SSSR count). The molecule has 0 saturated carbocycles. The average molecular weight is 285 g/mol. The first kappa shape index (κ1) is 14.1. The van der Waals surface area contributed by atoms with Gasteiger partial charge in [0, 0.05) is 25.4 Å². The molecule has 1 amide bonds. The van der Waals surface area contributed by atoms with Crippen LogP contribution in [0.5, 0.6) is 0 Å². The molecule has 1 atom stereocenters. The van der Waals surface area contributed by atoms with Crippen LogP contribution in [0.15, 0.2) is 22.8 Å². The molecule has 0 bridgehead atoms. The Bertz CT molecular complexity index is 521. The lowest BCUT2D eigenvalue weighted by molar-refractivity contribution is -0.132. The molecule has 0 spiro atoms. The molecule has 19 heavy (non-hydrogen) atoms. The van der Waals surface area contributed by atoms with Gasteiger partial charge in [-0.2, -0.15) is 0 Å². The predicted octanol–water partition coefficient (Wildman–Crippen LogP) is 1.25. The summed E-state index contributed by atoms with van der Waals surface area (Å²) in [7, 11) is -2.95. The first-order valence-electron chi connectivity index (χ1n) is 6.54. The normalized spacial score (nSPS) is 21.4. The van der Waals surface area contributed by atoms with Gasteiger partial charge in [-0.05, 0) is 25.5 Å². The molecule has 5 nitrogen and oxygen atoms in total. The standard InChI is InChI=1S/C13H19NO4S/c1-2-14(11-7-9-19(16,17)10-11)13(15)6-5-12-4-3-8-18-12/h3-4,8,11H,2,5-7,9-10H2,1H3/t11-/m0/s1. The van der Waals surface area contributed by atoms with Crippen molar-refractivity contribution in [1.82, 2.24) is 4.90 Å². The third-order valence-electron chi connectivity index (χ3n) is 3.48. The Morgan fingerprint density at radius 2 is 2.32 bits per heavy atom. The first-order valence-corrected chi connectivity index (χ1v) is 8.36. The maximum Gasteiger partial charge on any atom is 0.223 e. The van der Waals surface area contributed by atoms with Crippen LogP contribution in [-0.4, -0.2) is 43.3 Å². The van der Waals surface area contributed by atoms with Gasteiger partial charge in [0.25, 0.3) is 0 Å². The Kier molecular flexibility index (Phi) is 4.29. The lowest BCUT2D eigenvalue weighted by atomic mass is 10.1. The molecule has 1 aliphatic heterocycles. The largest absolute Gasteiger partial charge is 0.469 e. The zero-order valence-corrected chi connectivity index (χ0v) is 11.9. The van der Waals surface area contributed by atoms with Gasteiger partial charge in [0.15, 0.2) is 9.84 Å². The van der Waals surface area contributed by atoms with Crippen molar-refractivity contribution in [3.63, 3.8) is 0 Å². The van der Waals surface area contributed by atoms with Gasteiger partial charge >= 0.3 is 0 Å². The summed E-state index contributed by atoms with van der Waals surface area (Å²) in [6.07, 6.45) is 3.06. The molecule has 0 radical (unpaired) electrons. The Morgan fingerprint density at radius 3 is 2.84 bits per heavy atom. The highest BCUT2D eigenvalue weighted by molar-refractivity contribution is 7.91. The minimum Gasteiger partial charge on any atom is -0.469 e. The summed E-state index contributed by atoms with van der Waals surface area (Å²) in [6.45, 7) is 2.44. The van der Waals surface area contributed by atoms with E-state index in [-0.39, 0.29) is 23.5 Å². The maximum atomic E-state index is 12.2. The minimum atomic E-state index is -2.95. The van der Waals surface area contributed by atoms with Crippen LogP contribution in [0.2, 0.25) is 0 Å². The van der Waals surface area contributed by atoms with E-state index >= 15 is 0 Å². The van der Waals surface area contributed by atoms with Crippen LogP contribution in [0.1, 0.15) is 25.5 Å². The van der Waals surface area contributed by atoms with E-state index in [0.717, 1.165) is 5.76 Å². The fourth-order valence-electron chi connectivity index (χ4n) is 2.49. The van der Waals surface area contributed by atoms with Crippen molar-refractivity contribution in [2.75, 3.05) is 18.1 Å². The SMILES string of the molecule is CCN(C(=O)CCc1ccco1)[C@H]1CCS(=O)(=O)C1. The summed E-state index contributed by atoms with van der Waals surface area (Å²) in [4.78, 5) is 13.8. The summed E-state index contributed by atoms with van der Waals surface area (Å²) in [5.74, 6) is 1.08. The number of rotatable bonds is 5. The highest BCUT2D eigenvalue weighted by Crippen LogP contribution is 2.19. The zero-order chi connectivity index (χ0) is 13.9. The molecule has 1 aliphatic rings. The van der Waals surface area contributed by atoms with Crippen LogP contribution >= 0.6 is 0 Å². The number of furan rings is 1. The molecule has 1 aromatic rings. The minimum absolute atomic E-state index is 0.000926. The fraction of sp³-hybridized carbons (Fsp3) is 0.615. The molecule has 0 aliphatic carbocycles. The smallest absolute Gasteiger partial charge is 0.223 e. The molecular weight excluding hydrogens is 266 g/mol. The van der Waals surface area contributed by atoms with Crippen LogP contribution in [0.4, 0.5) is 0 Å². The number of carbonyl (C=O) groups is 1. The topological polar surface area (TPSA) is 67.6 Å². The van der Waals surface area contributed by atoms with Gasteiger partial charge in [-0.25, -0.2) is 8.42 Å². The number of hydrogen-bond donors (Lipinski definition) is 0. The number of hydrogen-bond acceptors (Lipinski definition) is 4. The van der Waals surface area contributed by atoms with Gasteiger partial charge in [-0.1, -0.05) is 0 Å². The second-order valence-corrected chi connectivity index (χ2v) is 7.04. The van der Waals surface area contributed by atoms with Crippen molar-refractivity contribution in [3.8, 4) is 0 Å². The van der Waals surface area contributed by atoms with Gasteiger partial charge in [-0.3, -0.25) is 4.79 Å². The summed E-state index contributed by atoms with van der Waals surface area (Å²) in [5, 5.41) is 0. The molecule has 2 heterocycles. The van der Waals surface area contributed by atoms with Crippen molar-refractivity contribution in [2.24, 2.45) is 0 Å². The second kappa shape index (κ2) is 5.77. The zero-order valence-electron chi connectivity index (χ0n) is 11.0. The lowest BCUT2D eigenvalue weighted by Gasteiger charge is -2.26. The van der Waals surface area contributed by atoms with Crippen molar-refractivity contribution < 1.29 is 17.6 Å². The van der Waals surface area contributed by atoms with Gasteiger partial charge in [-0.15, -0.1) is 0 Å². The summed E-state index contributed by atoms with van der Waals surface area (Å²) >= 11 is 0. The third kappa shape index (κ3) is 3.59. The van der Waals surface area contributed by atoms with Gasteiger partial charge < -0.3 is 9.32 Å². The Morgan fingerprint density at radius 1 is 1.53 bits per heavy atom. The van der Waals surface area contributed by atoms with Crippen LogP contribution in [0.25, 0.3) is 0 Å². The van der Waals surface area contributed by atoms with Crippen LogP contribution in [0, 0.1) is 0 Å². The highest BCUT2D eigenvalue weighted by atomic mass is 32.2. The Hall–Kier alpha value is -1.30. The van der Waals surface area contributed by atoms with E-state index in [4.69, 9.17) is 4.42 Å². The van der Waals surface area contributed by atoms with E-state index in [0.29, 0.717) is 25.8 Å². The average Bonchev–Trinajstić information content (AvgIpc) is 2.97. The van der Waals surface area contributed by atoms with Crippen LogP contribution in [-0.2, 0) is 21.1 Å². The number of sulfone groups is 1. The molecular formula is C13H19NO4S. The van der Waals surface area contributed by atoms with Crippen LogP contribution < -0.4 is 0 Å². The predicted molar refractivity (Wildman–Crippen MR) is 71.5 cm³/mol. The van der Waals surface area contributed by atoms with E-state index in [2.05, 4.69) is 0 Å². The van der Waals surface area contributed by atoms with Crippen molar-refractivity contribution in [3.05, 3.63) is 24.2 Å². The van der Waals surface area contributed by atoms with Crippen LogP contribution in [0.3, 0.4) is 0 Å². The maximum absolute atomic E-state index is 12.2. The van der Waals surface area contributed by atoms with E-state index < -0.39 is 9.84 Å². The Labute approximate surface area is 113 Å². The second-order valence-electron chi connectivity index (χ2n) is 4.82. The van der Waals surface area contributed by atoms with Gasteiger partial charge in [0.05, 0.1) is 17.8 Å². The molecule has 0 N–H and O–H groups in total. The number of nitrogens with zero attached hydrogens (tertiary/aromatic N) is 1. The summed E-state index contributed by atoms with van der Waals surface area (Å²) < 4.78 is 28.1. The third-order valence-corrected chi connectivity index (χ3v) is 5.23. The summed E-state index contributed by atoms with van der Waals surface area (Å²) in [6, 6.07) is 3.48. The number of aryl methyl sites for hydroxylation is 1. The fourth-order valence-corrected chi connectivity index (χ4v) is 4.22.